The number of nitrogens with zero attached hydrogens (tertiary/aromatic N) is 4. The van der Waals surface area contributed by atoms with Crippen LogP contribution in [0.15, 0.2) is 88.6 Å². The molecule has 1 N–H and O–H groups in total. The van der Waals surface area contributed by atoms with Gasteiger partial charge in [-0.25, -0.2) is 13.1 Å². The van der Waals surface area contributed by atoms with E-state index in [1.807, 2.05) is 30.3 Å². The highest BCUT2D eigenvalue weighted by molar-refractivity contribution is 7.92. The van der Waals surface area contributed by atoms with Gasteiger partial charge in [0.2, 0.25) is 0 Å². The maximum Gasteiger partial charge on any atom is 0.296 e. The van der Waals surface area contributed by atoms with Crippen molar-refractivity contribution < 1.29 is 17.9 Å². The Morgan fingerprint density at radius 1 is 0.950 bits per heavy atom. The van der Waals surface area contributed by atoms with Gasteiger partial charge >= 0.3 is 0 Å². The van der Waals surface area contributed by atoms with Crippen LogP contribution in [0, 0.1) is 6.92 Å². The van der Waals surface area contributed by atoms with Crippen LogP contribution in [0.5, 0.6) is 0 Å². The Morgan fingerprint density at radius 3 is 2.35 bits per heavy atom. The molecule has 4 aromatic rings. The van der Waals surface area contributed by atoms with Gasteiger partial charge in [0.05, 0.1) is 40.9 Å². The molecular weight excluding hydrogens is 530 g/mol. The predicted octanol–water partition coefficient (Wildman–Crippen LogP) is 3.40. The summed E-state index contributed by atoms with van der Waals surface area (Å²) < 4.78 is 36.9. The number of para-hydroxylation sites is 3. The summed E-state index contributed by atoms with van der Waals surface area (Å²) in [4.78, 5) is 28.7. The van der Waals surface area contributed by atoms with Crippen LogP contribution in [0.1, 0.15) is 16.1 Å². The molecule has 0 unspecified atom stereocenters. The van der Waals surface area contributed by atoms with Crippen molar-refractivity contribution in [2.75, 3.05) is 47.9 Å². The summed E-state index contributed by atoms with van der Waals surface area (Å²) in [6.07, 6.45) is 0. The van der Waals surface area contributed by atoms with E-state index in [2.05, 4.69) is 10.2 Å². The summed E-state index contributed by atoms with van der Waals surface area (Å²) in [7, 11) is -1.12. The molecule has 1 aromatic heterocycles. The molecule has 0 radical (unpaired) electrons. The van der Waals surface area contributed by atoms with Crippen molar-refractivity contribution in [3.8, 4) is 5.69 Å². The third-order valence-electron chi connectivity index (χ3n) is 7.10. The molecule has 5 rings (SSSR count). The summed E-state index contributed by atoms with van der Waals surface area (Å²) >= 11 is 0. The van der Waals surface area contributed by atoms with E-state index in [-0.39, 0.29) is 16.1 Å². The molecule has 0 saturated carbocycles. The standard InChI is InChI=1S/C29H31N5O5S/c1-21-27(29(36)34(31(21)2)23-11-5-4-6-12-23)32(3)40(37,38)24-13-9-10-22(20-24)28(35)30-25-14-7-8-15-26(25)33-16-18-39-19-17-33/h4-15,20H,16-19H2,1-3H3,(H,30,35). The molecule has 1 aliphatic rings. The number of benzene rings is 3. The molecule has 2 heterocycles. The molecule has 1 saturated heterocycles. The van der Waals surface area contributed by atoms with Gasteiger partial charge in [0.15, 0.2) is 0 Å². The van der Waals surface area contributed by atoms with Crippen LogP contribution in [0.3, 0.4) is 0 Å². The Balaban J connectivity index is 1.44. The summed E-state index contributed by atoms with van der Waals surface area (Å²) in [5, 5.41) is 2.92. The topological polar surface area (TPSA) is 106 Å². The first-order valence-electron chi connectivity index (χ1n) is 12.9. The third kappa shape index (κ3) is 5.01. The van der Waals surface area contributed by atoms with Gasteiger partial charge in [0.25, 0.3) is 21.5 Å². The van der Waals surface area contributed by atoms with Crippen LogP contribution in [0.2, 0.25) is 0 Å². The maximum absolute atomic E-state index is 13.7. The molecule has 0 spiro atoms. The third-order valence-corrected chi connectivity index (χ3v) is 8.85. The number of hydrogen-bond donors (Lipinski definition) is 1. The number of carbonyl (C=O) groups is 1. The van der Waals surface area contributed by atoms with Crippen LogP contribution >= 0.6 is 0 Å². The molecular formula is C29H31N5O5S. The first-order valence-corrected chi connectivity index (χ1v) is 14.3. The van der Waals surface area contributed by atoms with Gasteiger partial charge in [0, 0.05) is 32.7 Å². The van der Waals surface area contributed by atoms with Crippen molar-refractivity contribution in [1.29, 1.82) is 0 Å². The number of carbonyl (C=O) groups excluding carboxylic acids is 1. The molecule has 208 valence electrons. The van der Waals surface area contributed by atoms with Gasteiger partial charge < -0.3 is 15.0 Å². The predicted molar refractivity (Wildman–Crippen MR) is 155 cm³/mol. The van der Waals surface area contributed by atoms with Gasteiger partial charge in [-0.05, 0) is 49.4 Å². The van der Waals surface area contributed by atoms with E-state index >= 15 is 0 Å². The number of amides is 1. The Hall–Kier alpha value is -4.35. The lowest BCUT2D eigenvalue weighted by Gasteiger charge is -2.30. The molecule has 1 aliphatic heterocycles. The second-order valence-corrected chi connectivity index (χ2v) is 11.5. The smallest absolute Gasteiger partial charge is 0.296 e. The van der Waals surface area contributed by atoms with Crippen molar-refractivity contribution in [1.82, 2.24) is 9.36 Å². The minimum absolute atomic E-state index is 0.0284. The highest BCUT2D eigenvalue weighted by Gasteiger charge is 2.29. The van der Waals surface area contributed by atoms with Crippen molar-refractivity contribution in [2.45, 2.75) is 11.8 Å². The Kier molecular flexibility index (Phi) is 7.51. The largest absolute Gasteiger partial charge is 0.378 e. The molecule has 0 bridgehead atoms. The Labute approximate surface area is 233 Å². The first-order chi connectivity index (χ1) is 19.2. The highest BCUT2D eigenvalue weighted by atomic mass is 32.2. The van der Waals surface area contributed by atoms with Crippen LogP contribution in [-0.2, 0) is 21.8 Å². The Bertz CT molecular complexity index is 1710. The van der Waals surface area contributed by atoms with Crippen LogP contribution in [-0.4, -0.2) is 57.0 Å². The number of aromatic nitrogens is 2. The highest BCUT2D eigenvalue weighted by Crippen LogP contribution is 2.28. The molecule has 11 heteroatoms. The van der Waals surface area contributed by atoms with Crippen molar-refractivity contribution in [3.63, 3.8) is 0 Å². The fourth-order valence-corrected chi connectivity index (χ4v) is 6.14. The van der Waals surface area contributed by atoms with E-state index in [9.17, 15) is 18.0 Å². The van der Waals surface area contributed by atoms with Gasteiger partial charge in [-0.1, -0.05) is 36.4 Å². The van der Waals surface area contributed by atoms with Crippen LogP contribution in [0.4, 0.5) is 17.1 Å². The minimum Gasteiger partial charge on any atom is -0.378 e. The number of hydrogen-bond acceptors (Lipinski definition) is 6. The zero-order valence-electron chi connectivity index (χ0n) is 22.6. The zero-order valence-corrected chi connectivity index (χ0v) is 23.4. The van der Waals surface area contributed by atoms with Gasteiger partial charge in [-0.3, -0.25) is 18.6 Å². The summed E-state index contributed by atoms with van der Waals surface area (Å²) in [5.74, 6) is -0.442. The number of sulfonamides is 1. The van der Waals surface area contributed by atoms with Gasteiger partial charge in [-0.15, -0.1) is 0 Å². The summed E-state index contributed by atoms with van der Waals surface area (Å²) in [5.41, 5.74) is 2.34. The van der Waals surface area contributed by atoms with E-state index in [1.54, 1.807) is 49.0 Å². The monoisotopic (exact) mass is 561 g/mol. The molecule has 0 atom stereocenters. The normalized spacial score (nSPS) is 13.7. The van der Waals surface area contributed by atoms with Crippen molar-refractivity contribution in [2.24, 2.45) is 7.05 Å². The molecule has 10 nitrogen and oxygen atoms in total. The summed E-state index contributed by atoms with van der Waals surface area (Å²) in [6.45, 7) is 4.31. The van der Waals surface area contributed by atoms with Crippen LogP contribution in [0.25, 0.3) is 5.69 Å². The summed E-state index contributed by atoms with van der Waals surface area (Å²) in [6, 6.07) is 22.3. The van der Waals surface area contributed by atoms with Crippen molar-refractivity contribution in [3.05, 3.63) is 100 Å². The lowest BCUT2D eigenvalue weighted by molar-refractivity contribution is 0.102. The average Bonchev–Trinajstić information content (AvgIpc) is 3.20. The molecule has 40 heavy (non-hydrogen) atoms. The second kappa shape index (κ2) is 11.0. The average molecular weight is 562 g/mol. The van der Waals surface area contributed by atoms with Crippen molar-refractivity contribution >= 4 is 33.0 Å². The quantitative estimate of drug-likeness (QED) is 0.371. The number of rotatable bonds is 7. The fourth-order valence-electron chi connectivity index (χ4n) is 4.85. The molecule has 3 aromatic carbocycles. The minimum atomic E-state index is -4.17. The Morgan fingerprint density at radius 2 is 1.62 bits per heavy atom. The maximum atomic E-state index is 13.7. The van der Waals surface area contributed by atoms with E-state index in [0.717, 1.165) is 9.99 Å². The molecule has 0 aliphatic carbocycles. The lowest BCUT2D eigenvalue weighted by atomic mass is 10.2. The van der Waals surface area contributed by atoms with E-state index in [0.29, 0.717) is 43.4 Å². The fraction of sp³-hybridized carbons (Fsp3) is 0.241. The molecule has 1 fully saturated rings. The zero-order chi connectivity index (χ0) is 28.4. The number of anilines is 3. The second-order valence-electron chi connectivity index (χ2n) is 9.48. The van der Waals surface area contributed by atoms with Crippen LogP contribution < -0.4 is 20.1 Å². The first kappa shape index (κ1) is 27.2. The number of nitrogens with one attached hydrogen (secondary N) is 1. The molecule has 1 amide bonds. The van der Waals surface area contributed by atoms with E-state index < -0.39 is 21.5 Å². The SMILES string of the molecule is Cc1c(N(C)S(=O)(=O)c2cccc(C(=O)Nc3ccccc3N3CCOCC3)c2)c(=O)n(-c2ccccc2)n1C. The van der Waals surface area contributed by atoms with Gasteiger partial charge in [-0.2, -0.15) is 0 Å². The lowest BCUT2D eigenvalue weighted by Crippen LogP contribution is -2.36. The van der Waals surface area contributed by atoms with E-state index in [4.69, 9.17) is 4.74 Å². The number of morpholine rings is 1. The number of ether oxygens (including phenoxy) is 1. The van der Waals surface area contributed by atoms with E-state index in [1.165, 1.54) is 29.9 Å². The van der Waals surface area contributed by atoms with Gasteiger partial charge in [0.1, 0.15) is 5.69 Å².